The number of hydrogen-bond donors (Lipinski definition) is 3. The highest BCUT2D eigenvalue weighted by Crippen LogP contribution is 2.19. The number of carbonyl (C=O) groups is 2. The minimum absolute atomic E-state index is 0.160. The van der Waals surface area contributed by atoms with Gasteiger partial charge in [0.1, 0.15) is 0 Å². The Morgan fingerprint density at radius 2 is 2.00 bits per heavy atom. The summed E-state index contributed by atoms with van der Waals surface area (Å²) in [6.07, 6.45) is 0.817. The first kappa shape index (κ1) is 17.0. The van der Waals surface area contributed by atoms with E-state index in [9.17, 15) is 9.59 Å². The van der Waals surface area contributed by atoms with Crippen LogP contribution in [0.4, 0.5) is 11.4 Å². The molecule has 0 fully saturated rings. The van der Waals surface area contributed by atoms with Crippen LogP contribution in [-0.2, 0) is 14.3 Å². The number of anilines is 2. The average Bonchev–Trinajstić information content (AvgIpc) is 2.41. The molecule has 116 valence electrons. The molecule has 2 amide bonds. The molecule has 0 bridgehead atoms. The number of nitrogens with one attached hydrogen (secondary N) is 2. The number of rotatable bonds is 6. The Bertz CT molecular complexity index is 501. The van der Waals surface area contributed by atoms with E-state index in [4.69, 9.17) is 10.5 Å². The third-order valence-electron chi connectivity index (χ3n) is 2.72. The van der Waals surface area contributed by atoms with Crippen LogP contribution < -0.4 is 16.4 Å². The number of aryl methyl sites for hydroxylation is 1. The summed E-state index contributed by atoms with van der Waals surface area (Å²) in [7, 11) is 0. The molecule has 0 aliphatic heterocycles. The van der Waals surface area contributed by atoms with Gasteiger partial charge >= 0.3 is 11.8 Å². The van der Waals surface area contributed by atoms with E-state index in [0.29, 0.717) is 30.9 Å². The largest absolute Gasteiger partial charge is 0.397 e. The van der Waals surface area contributed by atoms with Gasteiger partial charge in [-0.3, -0.25) is 9.59 Å². The van der Waals surface area contributed by atoms with Crippen LogP contribution >= 0.6 is 0 Å². The second-order valence-electron chi connectivity index (χ2n) is 5.07. The van der Waals surface area contributed by atoms with E-state index in [2.05, 4.69) is 10.6 Å². The molecular weight excluding hydrogens is 270 g/mol. The zero-order chi connectivity index (χ0) is 15.8. The van der Waals surface area contributed by atoms with Crippen molar-refractivity contribution in [2.45, 2.75) is 33.3 Å². The number of hydrogen-bond acceptors (Lipinski definition) is 4. The molecule has 1 rings (SSSR count). The predicted molar refractivity (Wildman–Crippen MR) is 82.9 cm³/mol. The molecule has 0 saturated carbocycles. The van der Waals surface area contributed by atoms with E-state index in [-0.39, 0.29) is 6.10 Å². The van der Waals surface area contributed by atoms with Crippen molar-refractivity contribution in [1.29, 1.82) is 0 Å². The number of ether oxygens (including phenoxy) is 1. The number of nitrogens with two attached hydrogens (primary N) is 1. The maximum absolute atomic E-state index is 11.7. The lowest BCUT2D eigenvalue weighted by molar-refractivity contribution is -0.136. The molecule has 0 aromatic heterocycles. The first-order chi connectivity index (χ1) is 9.90. The number of carbonyl (C=O) groups excluding carboxylic acids is 2. The van der Waals surface area contributed by atoms with E-state index in [1.165, 1.54) is 0 Å². The minimum atomic E-state index is -0.725. The van der Waals surface area contributed by atoms with E-state index < -0.39 is 11.8 Å². The third kappa shape index (κ3) is 6.27. The molecule has 1 aromatic carbocycles. The highest BCUT2D eigenvalue weighted by Gasteiger charge is 2.14. The Labute approximate surface area is 125 Å². The van der Waals surface area contributed by atoms with Crippen molar-refractivity contribution in [2.24, 2.45) is 0 Å². The average molecular weight is 293 g/mol. The Morgan fingerprint density at radius 1 is 1.29 bits per heavy atom. The summed E-state index contributed by atoms with van der Waals surface area (Å²) in [6, 6.07) is 5.24. The third-order valence-corrected chi connectivity index (χ3v) is 2.72. The van der Waals surface area contributed by atoms with Crippen LogP contribution in [0.25, 0.3) is 0 Å². The van der Waals surface area contributed by atoms with E-state index in [0.717, 1.165) is 5.56 Å². The molecule has 6 heteroatoms. The zero-order valence-corrected chi connectivity index (χ0v) is 12.7. The van der Waals surface area contributed by atoms with Gasteiger partial charge in [-0.05, 0) is 44.9 Å². The van der Waals surface area contributed by atoms with Gasteiger partial charge in [-0.2, -0.15) is 0 Å². The smallest absolute Gasteiger partial charge is 0.313 e. The van der Waals surface area contributed by atoms with Gasteiger partial charge in [0.2, 0.25) is 0 Å². The molecule has 0 aliphatic carbocycles. The highest BCUT2D eigenvalue weighted by molar-refractivity contribution is 6.39. The van der Waals surface area contributed by atoms with Gasteiger partial charge < -0.3 is 21.1 Å². The van der Waals surface area contributed by atoms with Gasteiger partial charge in [0.15, 0.2) is 0 Å². The van der Waals surface area contributed by atoms with Crippen molar-refractivity contribution in [3.63, 3.8) is 0 Å². The molecule has 0 heterocycles. The van der Waals surface area contributed by atoms with Crippen molar-refractivity contribution in [3.8, 4) is 0 Å². The van der Waals surface area contributed by atoms with Crippen LogP contribution in [0.2, 0.25) is 0 Å². The monoisotopic (exact) mass is 293 g/mol. The lowest BCUT2D eigenvalue weighted by Crippen LogP contribution is -2.36. The van der Waals surface area contributed by atoms with Crippen molar-refractivity contribution >= 4 is 23.2 Å². The van der Waals surface area contributed by atoms with Gasteiger partial charge in [-0.25, -0.2) is 0 Å². The van der Waals surface area contributed by atoms with Crippen LogP contribution in [0.3, 0.4) is 0 Å². The predicted octanol–water partition coefficient (Wildman–Crippen LogP) is 1.45. The van der Waals surface area contributed by atoms with E-state index in [1.807, 2.05) is 26.8 Å². The van der Waals surface area contributed by atoms with Gasteiger partial charge in [-0.15, -0.1) is 0 Å². The normalized spacial score (nSPS) is 10.5. The summed E-state index contributed by atoms with van der Waals surface area (Å²) in [5.41, 5.74) is 7.56. The highest BCUT2D eigenvalue weighted by atomic mass is 16.5. The fourth-order valence-corrected chi connectivity index (χ4v) is 1.63. The molecule has 0 aliphatic rings. The fraction of sp³-hybridized carbons (Fsp3) is 0.467. The molecule has 0 radical (unpaired) electrons. The minimum Gasteiger partial charge on any atom is -0.397 e. The lowest BCUT2D eigenvalue weighted by Gasteiger charge is -2.10. The summed E-state index contributed by atoms with van der Waals surface area (Å²) in [5, 5.41) is 5.04. The maximum Gasteiger partial charge on any atom is 0.313 e. The van der Waals surface area contributed by atoms with Crippen molar-refractivity contribution < 1.29 is 14.3 Å². The van der Waals surface area contributed by atoms with Crippen LogP contribution in [-0.4, -0.2) is 31.1 Å². The first-order valence-corrected chi connectivity index (χ1v) is 6.97. The fourth-order valence-electron chi connectivity index (χ4n) is 1.63. The van der Waals surface area contributed by atoms with Crippen molar-refractivity contribution in [1.82, 2.24) is 5.32 Å². The number of nitrogen functional groups attached to an aromatic ring is 1. The van der Waals surface area contributed by atoms with Crippen LogP contribution in [0.1, 0.15) is 25.8 Å². The standard InChI is InChI=1S/C15H23N3O3/c1-10(2)21-8-4-7-17-14(19)15(20)18-13-9-11(3)5-6-12(13)16/h5-6,9-10H,4,7-8,16H2,1-3H3,(H,17,19)(H,18,20). The Morgan fingerprint density at radius 3 is 2.67 bits per heavy atom. The molecule has 0 atom stereocenters. The summed E-state index contributed by atoms with van der Waals surface area (Å²) in [6.45, 7) is 6.70. The molecular formula is C15H23N3O3. The van der Waals surface area contributed by atoms with E-state index >= 15 is 0 Å². The lowest BCUT2D eigenvalue weighted by atomic mass is 10.2. The molecule has 4 N–H and O–H groups in total. The summed E-state index contributed by atoms with van der Waals surface area (Å²) in [4.78, 5) is 23.4. The van der Waals surface area contributed by atoms with Gasteiger partial charge in [-0.1, -0.05) is 6.07 Å². The quantitative estimate of drug-likeness (QED) is 0.420. The van der Waals surface area contributed by atoms with Gasteiger partial charge in [0.25, 0.3) is 0 Å². The summed E-state index contributed by atoms with van der Waals surface area (Å²) >= 11 is 0. The Hall–Kier alpha value is -2.08. The Kier molecular flexibility index (Phi) is 6.68. The molecule has 1 aromatic rings. The number of amides is 2. The SMILES string of the molecule is Cc1ccc(N)c(NC(=O)C(=O)NCCCOC(C)C)c1. The first-order valence-electron chi connectivity index (χ1n) is 6.97. The second kappa shape index (κ2) is 8.26. The summed E-state index contributed by atoms with van der Waals surface area (Å²) < 4.78 is 5.34. The molecule has 0 spiro atoms. The zero-order valence-electron chi connectivity index (χ0n) is 12.7. The number of benzene rings is 1. The maximum atomic E-state index is 11.7. The van der Waals surface area contributed by atoms with Crippen LogP contribution in [0, 0.1) is 6.92 Å². The van der Waals surface area contributed by atoms with Gasteiger partial charge in [0.05, 0.1) is 17.5 Å². The van der Waals surface area contributed by atoms with Gasteiger partial charge in [0, 0.05) is 13.2 Å². The Balaban J connectivity index is 2.37. The molecule has 6 nitrogen and oxygen atoms in total. The molecule has 21 heavy (non-hydrogen) atoms. The van der Waals surface area contributed by atoms with Crippen molar-refractivity contribution in [3.05, 3.63) is 23.8 Å². The van der Waals surface area contributed by atoms with E-state index in [1.54, 1.807) is 12.1 Å². The van der Waals surface area contributed by atoms with Crippen LogP contribution in [0.15, 0.2) is 18.2 Å². The molecule has 0 saturated heterocycles. The summed E-state index contributed by atoms with van der Waals surface area (Å²) in [5.74, 6) is -1.41. The topological polar surface area (TPSA) is 93.5 Å². The van der Waals surface area contributed by atoms with Crippen molar-refractivity contribution in [2.75, 3.05) is 24.2 Å². The van der Waals surface area contributed by atoms with Crippen LogP contribution in [0.5, 0.6) is 0 Å². The molecule has 0 unspecified atom stereocenters. The second-order valence-corrected chi connectivity index (χ2v) is 5.07.